The first kappa shape index (κ1) is 109. The van der Waals surface area contributed by atoms with Gasteiger partial charge in [-0.05, 0) is 133 Å². The van der Waals surface area contributed by atoms with Crippen LogP contribution in [0.1, 0.15) is 164 Å². The Morgan fingerprint density at radius 1 is 0.279 bits per heavy atom. The van der Waals surface area contributed by atoms with Gasteiger partial charge in [-0.2, -0.15) is 0 Å². The molecule has 9 rings (SSSR count). The van der Waals surface area contributed by atoms with Gasteiger partial charge in [0.1, 0.15) is 84.6 Å². The highest BCUT2D eigenvalue weighted by molar-refractivity contribution is 6.02. The number of rotatable bonds is 54. The number of benzene rings is 5. The van der Waals surface area contributed by atoms with Crippen LogP contribution in [0.4, 0.5) is 0 Å². The van der Waals surface area contributed by atoms with Crippen LogP contribution in [0.3, 0.4) is 0 Å². The summed E-state index contributed by atoms with van der Waals surface area (Å²) in [7, 11) is 0. The number of hydrogen-bond donors (Lipinski definition) is 21. The Balaban J connectivity index is 0.903. The van der Waals surface area contributed by atoms with E-state index in [4.69, 9.17) is 0 Å². The number of nitrogens with one attached hydrogen (secondary N) is 20. The molecule has 0 radical (unpaired) electrons. The number of fused-ring (bicyclic) bond motifs is 4. The minimum atomic E-state index is -1.48. The normalized spacial score (nSPS) is 14.6. The lowest BCUT2D eigenvalue weighted by Gasteiger charge is -2.31. The van der Waals surface area contributed by atoms with E-state index in [1.165, 1.54) is 13.8 Å². The minimum absolute atomic E-state index is 0.00959. The summed E-state index contributed by atoms with van der Waals surface area (Å²) in [4.78, 5) is 243. The van der Waals surface area contributed by atoms with E-state index >= 15 is 28.8 Å². The average Bonchev–Trinajstić information content (AvgIpc) is 1.41. The summed E-state index contributed by atoms with van der Waals surface area (Å²) in [6.45, 7) is 26.3. The van der Waals surface area contributed by atoms with Gasteiger partial charge in [-0.15, -0.1) is 0 Å². The van der Waals surface area contributed by atoms with Crippen molar-refractivity contribution in [2.75, 3.05) is 19.7 Å². The zero-order valence-electron chi connectivity index (χ0n) is 82.6. The molecule has 0 bridgehead atoms. The van der Waals surface area contributed by atoms with Crippen molar-refractivity contribution in [3.05, 3.63) is 180 Å². The minimum Gasteiger partial charge on any atom is -0.395 e. The van der Waals surface area contributed by atoms with Gasteiger partial charge >= 0.3 is 0 Å². The van der Waals surface area contributed by atoms with Crippen LogP contribution >= 0.6 is 0 Å². The second kappa shape index (κ2) is 52.5. The molecule has 21 N–H and O–H groups in total. The third-order valence-electron chi connectivity index (χ3n) is 24.3. The molecule has 0 aliphatic rings. The molecular formula is C103H140N20O17. The number of aromatic amines is 4. The number of carbonyl (C=O) groups excluding carboxylic acids is 16. The molecule has 37 nitrogen and oxygen atoms in total. The number of para-hydroxylation sites is 4. The Hall–Kier alpha value is -14.3. The standard InChI is InChI=1S/C103H140N20O17/c1-55(2)40-78(113-90(127)62(15)111-86(126)53-109-92(129)77(110-54-125)44-64-28-18-17-19-29-64)94(131)112-63(16)91(128)121-88(60(11)12)102(139)123-89(61(13)14)103(140)122-87(59(9)10)101(138)120-85(48-68-52-108-76-37-27-23-33-72(68)76)100(137)116-81(43-58(7)8)97(134)119-84(47-67-51-107-75-36-26-22-32-71(67)75)99(136)115-80(42-57(5)6)96(133)118-83(46-66-50-106-74-35-25-21-31-70(66)74)98(135)114-79(41-56(3)4)95(132)117-82(93(130)104-38-39-124)45-65-49-105-73-34-24-20-30-69(65)73/h17-37,49-52,54-63,77-85,87-89,105-108,124H,38-48,53H2,1-16H3,(H,104,130)(H,109,129)(H,110,125)(H,111,126)(H,112,131)(H,113,127)(H,114,135)(H,115,136)(H,116,137)(H,117,132)(H,118,133)(H,119,134)(H,120,138)(H,121,128)(H,122,140)(H,123,139)/t62-,63-,77-,78+,79+,80+,81+,82-,83-,84-,85-,87+,88+,89-/m0/s1. The van der Waals surface area contributed by atoms with Crippen molar-refractivity contribution in [1.82, 2.24) is 105 Å². The van der Waals surface area contributed by atoms with Gasteiger partial charge in [-0.3, -0.25) is 76.7 Å². The maximum absolute atomic E-state index is 15.6. The first-order valence-corrected chi connectivity index (χ1v) is 48.1. The molecule has 9 aromatic rings. The molecule has 4 heterocycles. The van der Waals surface area contributed by atoms with Crippen LogP contribution in [0.25, 0.3) is 43.6 Å². The van der Waals surface area contributed by atoms with Crippen molar-refractivity contribution in [2.45, 2.75) is 253 Å². The molecule has 754 valence electrons. The molecular weight excluding hydrogens is 1790 g/mol. The molecule has 0 saturated heterocycles. The molecule has 37 heteroatoms. The molecule has 14 atom stereocenters. The van der Waals surface area contributed by atoms with Gasteiger partial charge < -0.3 is 110 Å². The quantitative estimate of drug-likeness (QED) is 0.0224. The molecule has 5 aromatic carbocycles. The van der Waals surface area contributed by atoms with Gasteiger partial charge in [0, 0.05) is 107 Å². The lowest BCUT2D eigenvalue weighted by atomic mass is 9.97. The Morgan fingerprint density at radius 2 is 0.543 bits per heavy atom. The van der Waals surface area contributed by atoms with Crippen LogP contribution in [0, 0.1) is 41.4 Å². The van der Waals surface area contributed by atoms with Gasteiger partial charge in [0.25, 0.3) is 0 Å². The topological polar surface area (TPSA) is 549 Å². The van der Waals surface area contributed by atoms with E-state index < -0.39 is 197 Å². The molecule has 0 spiro atoms. The predicted octanol–water partition coefficient (Wildman–Crippen LogP) is 4.96. The van der Waals surface area contributed by atoms with Gasteiger partial charge in [-0.25, -0.2) is 0 Å². The maximum Gasteiger partial charge on any atom is 0.243 e. The van der Waals surface area contributed by atoms with E-state index in [0.29, 0.717) is 44.9 Å². The number of aliphatic hydroxyl groups excluding tert-OH is 1. The fraction of sp³-hybridized carbons (Fsp3) is 0.476. The van der Waals surface area contributed by atoms with Gasteiger partial charge in [-0.1, -0.05) is 200 Å². The van der Waals surface area contributed by atoms with Gasteiger partial charge in [0.05, 0.1) is 13.2 Å². The molecule has 0 aliphatic heterocycles. The summed E-state index contributed by atoms with van der Waals surface area (Å²) in [6.07, 6.45) is 7.14. The largest absolute Gasteiger partial charge is 0.395 e. The lowest BCUT2D eigenvalue weighted by Crippen LogP contribution is -2.62. The molecule has 16 amide bonds. The zero-order valence-corrected chi connectivity index (χ0v) is 82.6. The smallest absolute Gasteiger partial charge is 0.243 e. The van der Waals surface area contributed by atoms with Crippen LogP contribution < -0.4 is 85.1 Å². The van der Waals surface area contributed by atoms with Crippen LogP contribution in [-0.4, -0.2) is 224 Å². The molecule has 0 unspecified atom stereocenters. The Labute approximate surface area is 815 Å². The van der Waals surface area contributed by atoms with Gasteiger partial charge in [0.2, 0.25) is 95.0 Å². The van der Waals surface area contributed by atoms with E-state index in [1.807, 2.05) is 133 Å². The molecule has 0 fully saturated rings. The van der Waals surface area contributed by atoms with Crippen molar-refractivity contribution in [2.24, 2.45) is 41.4 Å². The first-order chi connectivity index (χ1) is 66.6. The Bertz CT molecular complexity index is 5780. The zero-order chi connectivity index (χ0) is 102. The Morgan fingerprint density at radius 3 is 0.871 bits per heavy atom. The van der Waals surface area contributed by atoms with E-state index in [1.54, 1.807) is 117 Å². The van der Waals surface area contributed by atoms with E-state index in [0.717, 1.165) is 32.9 Å². The number of H-pyrrole nitrogens is 4. The lowest BCUT2D eigenvalue weighted by molar-refractivity contribution is -0.137. The summed E-state index contributed by atoms with van der Waals surface area (Å²) in [6, 6.07) is 19.9. The summed E-state index contributed by atoms with van der Waals surface area (Å²) >= 11 is 0. The summed E-state index contributed by atoms with van der Waals surface area (Å²) in [5.74, 6) is -14.4. The second-order valence-corrected chi connectivity index (χ2v) is 38.7. The number of aromatic nitrogens is 4. The van der Waals surface area contributed by atoms with Crippen LogP contribution in [0.2, 0.25) is 0 Å². The highest BCUT2D eigenvalue weighted by Gasteiger charge is 2.41. The number of amides is 16. The molecule has 0 aliphatic carbocycles. The summed E-state index contributed by atoms with van der Waals surface area (Å²) in [5, 5.41) is 56.7. The maximum atomic E-state index is 15.6. The fourth-order valence-corrected chi connectivity index (χ4v) is 16.8. The average molecular weight is 1930 g/mol. The number of hydrogen-bond acceptors (Lipinski definition) is 17. The van der Waals surface area contributed by atoms with Gasteiger partial charge in [0.15, 0.2) is 0 Å². The van der Waals surface area contributed by atoms with Crippen molar-refractivity contribution >= 4 is 139 Å². The molecule has 0 saturated carbocycles. The fourth-order valence-electron chi connectivity index (χ4n) is 16.8. The third kappa shape index (κ3) is 31.9. The monoisotopic (exact) mass is 1930 g/mol. The van der Waals surface area contributed by atoms with Crippen molar-refractivity contribution < 1.29 is 81.8 Å². The molecule has 4 aromatic heterocycles. The summed E-state index contributed by atoms with van der Waals surface area (Å²) in [5.41, 5.74) is 6.25. The highest BCUT2D eigenvalue weighted by atomic mass is 16.3. The van der Waals surface area contributed by atoms with Crippen LogP contribution in [0.15, 0.2) is 152 Å². The van der Waals surface area contributed by atoms with Crippen LogP contribution in [0.5, 0.6) is 0 Å². The molecule has 140 heavy (non-hydrogen) atoms. The van der Waals surface area contributed by atoms with Crippen molar-refractivity contribution in [1.29, 1.82) is 0 Å². The van der Waals surface area contributed by atoms with E-state index in [2.05, 4.69) is 105 Å². The SMILES string of the molecule is CC(C)C[C@@H](NC(=O)[C@H](C)NC(=O)CNC(=O)[C@H](Cc1ccccc1)NC=O)C(=O)N[C@@H](C)C(=O)N[C@@H](C(=O)N[C@H](C(=O)N[C@@H](C(=O)N[C@@H](Cc1c[nH]c2ccccc12)C(=O)N[C@H](CC(C)C)C(=O)N[C@@H](Cc1c[nH]c2ccccc12)C(=O)N[C@H](CC(C)C)C(=O)N[C@@H](Cc1c[nH]c2ccccc12)C(=O)N[C@H](CC(C)C)C(=O)N[C@@H](Cc1c[nH]c2ccccc12)C(=O)NCCO)C(C)C)C(C)C)C(C)C. The summed E-state index contributed by atoms with van der Waals surface area (Å²) < 4.78 is 0. The van der Waals surface area contributed by atoms with Crippen LogP contribution in [-0.2, 0) is 109 Å². The number of aliphatic hydroxyl groups is 1. The Kier molecular flexibility index (Phi) is 41.0. The number of carbonyl (C=O) groups is 16. The first-order valence-electron chi connectivity index (χ1n) is 48.1. The third-order valence-corrected chi connectivity index (χ3v) is 24.3. The van der Waals surface area contributed by atoms with Crippen molar-refractivity contribution in [3.63, 3.8) is 0 Å². The predicted molar refractivity (Wildman–Crippen MR) is 533 cm³/mol. The highest BCUT2D eigenvalue weighted by Crippen LogP contribution is 2.26. The second-order valence-electron chi connectivity index (χ2n) is 38.7. The van der Waals surface area contributed by atoms with E-state index in [-0.39, 0.29) is 94.6 Å². The van der Waals surface area contributed by atoms with Crippen molar-refractivity contribution in [3.8, 4) is 0 Å². The van der Waals surface area contributed by atoms with E-state index in [9.17, 15) is 53.1 Å².